The third-order valence-corrected chi connectivity index (χ3v) is 3.52. The topological polar surface area (TPSA) is 97.2 Å². The zero-order chi connectivity index (χ0) is 15.4. The second-order valence-corrected chi connectivity index (χ2v) is 6.93. The first-order valence-electron chi connectivity index (χ1n) is 5.87. The van der Waals surface area contributed by atoms with E-state index < -0.39 is 21.2 Å². The van der Waals surface area contributed by atoms with Gasteiger partial charge in [0.05, 0.1) is 11.0 Å². The minimum atomic E-state index is -3.41. The van der Waals surface area contributed by atoms with Gasteiger partial charge in [-0.2, -0.15) is 0 Å². The largest absolute Gasteiger partial charge is 0.481 e. The number of aliphatic carboxylic acids is 1. The molecule has 1 aromatic heterocycles. The average molecular weight is 296 g/mol. The summed E-state index contributed by atoms with van der Waals surface area (Å²) in [5.41, 5.74) is -0.323. The number of carbonyl (C=O) groups is 1. The standard InChI is InChI=1S/C13H16N2O4S/c1-13(2,11(16)17)7-5-4-6-10-8-14-12(15-9-10)20(3,18)19/h8-9H,5,7H2,1-3H3,(H,16,17). The summed E-state index contributed by atoms with van der Waals surface area (Å²) in [5, 5.41) is 8.70. The lowest BCUT2D eigenvalue weighted by Crippen LogP contribution is -2.23. The Balaban J connectivity index is 2.68. The van der Waals surface area contributed by atoms with Gasteiger partial charge in [0.15, 0.2) is 0 Å². The number of rotatable bonds is 4. The molecule has 1 heterocycles. The highest BCUT2D eigenvalue weighted by atomic mass is 32.2. The molecule has 0 aliphatic heterocycles. The molecule has 1 N–H and O–H groups in total. The number of aromatic nitrogens is 2. The first-order chi connectivity index (χ1) is 9.13. The molecule has 0 bridgehead atoms. The predicted octanol–water partition coefficient (Wildman–Crippen LogP) is 1.12. The smallest absolute Gasteiger partial charge is 0.309 e. The SMILES string of the molecule is CC(C)(CCC#Cc1cnc(S(C)(=O)=O)nc1)C(=O)O. The van der Waals surface area contributed by atoms with Gasteiger partial charge in [0.25, 0.3) is 0 Å². The lowest BCUT2D eigenvalue weighted by molar-refractivity contribution is -0.147. The van der Waals surface area contributed by atoms with Crippen LogP contribution >= 0.6 is 0 Å². The van der Waals surface area contributed by atoms with E-state index in [1.54, 1.807) is 13.8 Å². The number of hydrogen-bond acceptors (Lipinski definition) is 5. The van der Waals surface area contributed by atoms with Crippen LogP contribution in [0.1, 0.15) is 32.3 Å². The van der Waals surface area contributed by atoms with Crippen molar-refractivity contribution in [1.82, 2.24) is 9.97 Å². The van der Waals surface area contributed by atoms with E-state index in [-0.39, 0.29) is 5.16 Å². The van der Waals surface area contributed by atoms with Crippen LogP contribution in [0.4, 0.5) is 0 Å². The molecule has 7 heteroatoms. The fraction of sp³-hybridized carbons (Fsp3) is 0.462. The van der Waals surface area contributed by atoms with E-state index in [1.165, 1.54) is 12.4 Å². The van der Waals surface area contributed by atoms with Gasteiger partial charge in [-0.05, 0) is 20.3 Å². The van der Waals surface area contributed by atoms with Crippen LogP contribution in [0, 0.1) is 17.3 Å². The summed E-state index contributed by atoms with van der Waals surface area (Å²) >= 11 is 0. The van der Waals surface area contributed by atoms with Gasteiger partial charge in [-0.1, -0.05) is 11.8 Å². The van der Waals surface area contributed by atoms with Gasteiger partial charge in [0, 0.05) is 25.1 Å². The maximum atomic E-state index is 11.2. The summed E-state index contributed by atoms with van der Waals surface area (Å²) < 4.78 is 22.3. The Morgan fingerprint density at radius 3 is 2.35 bits per heavy atom. The van der Waals surface area contributed by atoms with Gasteiger partial charge in [-0.15, -0.1) is 0 Å². The van der Waals surface area contributed by atoms with Crippen LogP contribution in [0.5, 0.6) is 0 Å². The van der Waals surface area contributed by atoms with Crippen LogP contribution in [0.25, 0.3) is 0 Å². The second kappa shape index (κ2) is 6.01. The van der Waals surface area contributed by atoms with Gasteiger partial charge < -0.3 is 5.11 Å². The van der Waals surface area contributed by atoms with Crippen LogP contribution < -0.4 is 0 Å². The van der Waals surface area contributed by atoms with E-state index in [4.69, 9.17) is 5.11 Å². The summed E-state index contributed by atoms with van der Waals surface area (Å²) in [6.07, 6.45) is 4.55. The van der Waals surface area contributed by atoms with Gasteiger partial charge in [0.1, 0.15) is 0 Å². The quantitative estimate of drug-likeness (QED) is 0.660. The molecule has 0 aromatic carbocycles. The molecule has 0 fully saturated rings. The van der Waals surface area contributed by atoms with E-state index in [9.17, 15) is 13.2 Å². The van der Waals surface area contributed by atoms with Crippen LogP contribution in [0.3, 0.4) is 0 Å². The number of nitrogens with zero attached hydrogens (tertiary/aromatic N) is 2. The first-order valence-corrected chi connectivity index (χ1v) is 7.76. The van der Waals surface area contributed by atoms with Crippen LogP contribution in [0.2, 0.25) is 0 Å². The summed E-state index contributed by atoms with van der Waals surface area (Å²) in [6.45, 7) is 3.28. The Kier molecular flexibility index (Phi) is 4.84. The maximum Gasteiger partial charge on any atom is 0.309 e. The van der Waals surface area contributed by atoms with Gasteiger partial charge in [0.2, 0.25) is 15.0 Å². The molecular weight excluding hydrogens is 280 g/mol. The van der Waals surface area contributed by atoms with E-state index in [2.05, 4.69) is 21.8 Å². The molecule has 0 atom stereocenters. The van der Waals surface area contributed by atoms with Crippen LogP contribution in [0.15, 0.2) is 17.6 Å². The van der Waals surface area contributed by atoms with Crippen molar-refractivity contribution in [3.63, 3.8) is 0 Å². The van der Waals surface area contributed by atoms with E-state index >= 15 is 0 Å². The van der Waals surface area contributed by atoms with Crippen LogP contribution in [-0.4, -0.2) is 35.7 Å². The molecule has 1 aromatic rings. The Labute approximate surface area is 118 Å². The zero-order valence-electron chi connectivity index (χ0n) is 11.5. The predicted molar refractivity (Wildman–Crippen MR) is 72.7 cm³/mol. The van der Waals surface area contributed by atoms with Crippen molar-refractivity contribution in [3.8, 4) is 11.8 Å². The molecule has 0 radical (unpaired) electrons. The summed E-state index contributed by atoms with van der Waals surface area (Å²) in [6, 6.07) is 0. The molecule has 6 nitrogen and oxygen atoms in total. The van der Waals surface area contributed by atoms with E-state index in [0.717, 1.165) is 6.26 Å². The molecule has 20 heavy (non-hydrogen) atoms. The summed E-state index contributed by atoms with van der Waals surface area (Å²) in [7, 11) is -3.41. The first kappa shape index (κ1) is 16.1. The highest BCUT2D eigenvalue weighted by Crippen LogP contribution is 2.21. The van der Waals surface area contributed by atoms with Crippen molar-refractivity contribution >= 4 is 15.8 Å². The fourth-order valence-electron chi connectivity index (χ4n) is 1.22. The van der Waals surface area contributed by atoms with Crippen molar-refractivity contribution < 1.29 is 18.3 Å². The summed E-state index contributed by atoms with van der Waals surface area (Å²) in [5.74, 6) is 4.74. The van der Waals surface area contributed by atoms with Gasteiger partial charge in [-0.25, -0.2) is 18.4 Å². The minimum Gasteiger partial charge on any atom is -0.481 e. The highest BCUT2D eigenvalue weighted by Gasteiger charge is 2.25. The molecule has 1 rings (SSSR count). The summed E-state index contributed by atoms with van der Waals surface area (Å²) in [4.78, 5) is 18.3. The Hall–Kier alpha value is -1.94. The third-order valence-electron chi connectivity index (χ3n) is 2.65. The van der Waals surface area contributed by atoms with Gasteiger partial charge in [-0.3, -0.25) is 4.79 Å². The van der Waals surface area contributed by atoms with Crippen molar-refractivity contribution in [2.45, 2.75) is 31.8 Å². The fourth-order valence-corrected chi connectivity index (χ4v) is 1.71. The van der Waals surface area contributed by atoms with Gasteiger partial charge >= 0.3 is 5.97 Å². The van der Waals surface area contributed by atoms with E-state index in [0.29, 0.717) is 18.4 Å². The molecule has 0 saturated heterocycles. The number of carboxylic acid groups (broad SMARTS) is 1. The molecule has 108 valence electrons. The lowest BCUT2D eigenvalue weighted by Gasteiger charge is -2.16. The average Bonchev–Trinajstić information content (AvgIpc) is 2.34. The highest BCUT2D eigenvalue weighted by molar-refractivity contribution is 7.90. The number of carboxylic acids is 1. The maximum absolute atomic E-state index is 11.2. The third kappa shape index (κ3) is 4.63. The van der Waals surface area contributed by atoms with Crippen molar-refractivity contribution in [2.75, 3.05) is 6.26 Å². The Morgan fingerprint density at radius 2 is 1.90 bits per heavy atom. The normalized spacial score (nSPS) is 11.6. The molecule has 0 amide bonds. The lowest BCUT2D eigenvalue weighted by atomic mass is 9.88. The van der Waals surface area contributed by atoms with Crippen molar-refractivity contribution in [2.24, 2.45) is 5.41 Å². The molecule has 0 aliphatic rings. The van der Waals surface area contributed by atoms with Crippen molar-refractivity contribution in [1.29, 1.82) is 0 Å². The Bertz CT molecular complexity index is 652. The Morgan fingerprint density at radius 1 is 1.35 bits per heavy atom. The van der Waals surface area contributed by atoms with Crippen LogP contribution in [-0.2, 0) is 14.6 Å². The minimum absolute atomic E-state index is 0.241. The monoisotopic (exact) mass is 296 g/mol. The van der Waals surface area contributed by atoms with E-state index in [1.807, 2.05) is 0 Å². The molecule has 0 unspecified atom stereocenters. The molecule has 0 saturated carbocycles. The number of sulfone groups is 1. The molecule has 0 spiro atoms. The van der Waals surface area contributed by atoms with Crippen molar-refractivity contribution in [3.05, 3.63) is 18.0 Å². The molecule has 0 aliphatic carbocycles. The zero-order valence-corrected chi connectivity index (χ0v) is 12.4. The molecular formula is C13H16N2O4S. The second-order valence-electron chi connectivity index (χ2n) is 5.02. The number of hydrogen-bond donors (Lipinski definition) is 1.